The van der Waals surface area contributed by atoms with Crippen LogP contribution in [0.15, 0.2) is 12.5 Å². The lowest BCUT2D eigenvalue weighted by Crippen LogP contribution is -2.54. The molecule has 5 N–H and O–H groups in total. The fraction of sp³-hybridized carbons (Fsp3) is 0.615. The molecule has 0 saturated carbocycles. The zero-order valence-corrected chi connectivity index (χ0v) is 16.0. The molecule has 2 atom stereocenters. The fourth-order valence-electron chi connectivity index (χ4n) is 2.80. The van der Waals surface area contributed by atoms with E-state index in [2.05, 4.69) is 9.97 Å². The quantitative estimate of drug-likeness (QED) is 0.633. The van der Waals surface area contributed by atoms with Gasteiger partial charge < -0.3 is 21.4 Å². The van der Waals surface area contributed by atoms with Crippen LogP contribution in [0.1, 0.15) is 26.0 Å². The molecule has 0 radical (unpaired) electrons. The first kappa shape index (κ1) is 21.1. The minimum atomic E-state index is -0.714. The Hall–Kier alpha value is -0.930. The average Bonchev–Trinajstić information content (AvgIpc) is 2.95. The summed E-state index contributed by atoms with van der Waals surface area (Å²) in [5.41, 5.74) is 11.8. The molecule has 2 amide bonds. The molecule has 9 heteroatoms. The van der Waals surface area contributed by atoms with E-state index in [4.69, 9.17) is 11.5 Å². The van der Waals surface area contributed by atoms with Crippen molar-refractivity contribution in [3.05, 3.63) is 18.2 Å². The van der Waals surface area contributed by atoms with E-state index >= 15 is 0 Å². The molecule has 1 aromatic rings. The van der Waals surface area contributed by atoms with Gasteiger partial charge in [-0.1, -0.05) is 13.8 Å². The minimum absolute atomic E-state index is 0. The summed E-state index contributed by atoms with van der Waals surface area (Å²) in [6.07, 6.45) is 4.32. The van der Waals surface area contributed by atoms with Gasteiger partial charge in [-0.15, -0.1) is 34.0 Å². The van der Waals surface area contributed by atoms with Gasteiger partial charge in [0.05, 0.1) is 18.1 Å². The van der Waals surface area contributed by atoms with Crippen molar-refractivity contribution >= 4 is 45.8 Å². The van der Waals surface area contributed by atoms with Crippen molar-refractivity contribution in [3.8, 4) is 0 Å². The third-order valence-electron chi connectivity index (χ3n) is 3.90. The monoisotopic (exact) mass is 439 g/mol. The number of nitrogens with one attached hydrogen (secondary N) is 1. The summed E-state index contributed by atoms with van der Waals surface area (Å²) in [6.45, 7) is 4.39. The number of hydrogen-bond donors (Lipinski definition) is 3. The molecule has 0 aromatic carbocycles. The Morgan fingerprint density at radius 2 is 2.14 bits per heavy atom. The van der Waals surface area contributed by atoms with Gasteiger partial charge in [0, 0.05) is 19.2 Å². The molecule has 1 fully saturated rings. The van der Waals surface area contributed by atoms with Crippen LogP contribution in [0, 0.1) is 5.41 Å². The summed E-state index contributed by atoms with van der Waals surface area (Å²) < 4.78 is 0. The van der Waals surface area contributed by atoms with Crippen LogP contribution in [0.2, 0.25) is 0 Å². The van der Waals surface area contributed by atoms with Gasteiger partial charge in [-0.2, -0.15) is 0 Å². The fourth-order valence-corrected chi connectivity index (χ4v) is 2.80. The normalized spacial score (nSPS) is 20.7. The van der Waals surface area contributed by atoms with Crippen LogP contribution in [0.5, 0.6) is 0 Å². The molecule has 2 rings (SSSR count). The Balaban J connectivity index is 0.00000220. The first-order chi connectivity index (χ1) is 9.33. The van der Waals surface area contributed by atoms with Gasteiger partial charge in [0.1, 0.15) is 6.04 Å². The lowest BCUT2D eigenvalue weighted by molar-refractivity contribution is -0.140. The van der Waals surface area contributed by atoms with Crippen LogP contribution >= 0.6 is 34.0 Å². The van der Waals surface area contributed by atoms with E-state index in [1.165, 1.54) is 11.2 Å². The third kappa shape index (κ3) is 4.30. The number of amides is 2. The molecule has 2 heterocycles. The molecule has 0 spiro atoms. The second-order valence-corrected chi connectivity index (χ2v) is 5.95. The maximum absolute atomic E-state index is 12.4. The number of rotatable bonds is 4. The number of aromatic amines is 1. The van der Waals surface area contributed by atoms with Gasteiger partial charge in [0.15, 0.2) is 0 Å². The average molecular weight is 441 g/mol. The van der Waals surface area contributed by atoms with Crippen molar-refractivity contribution in [1.82, 2.24) is 14.9 Å². The first-order valence-electron chi connectivity index (χ1n) is 6.66. The largest absolute Gasteiger partial charge is 0.368 e. The van der Waals surface area contributed by atoms with E-state index in [9.17, 15) is 9.59 Å². The smallest absolute Gasteiger partial charge is 0.240 e. The number of halogens is 2. The number of likely N-dealkylation sites (tertiary alicyclic amines) is 1. The standard InChI is InChI=1S/C13H21N5O2.2BrH/c1-13(2)3-4-18(10(13)11(15)19)12(20)9(14)5-8-6-16-7-17-8;;/h6-7,9-10H,3-5,14H2,1-2H3,(H2,15,19)(H,16,17);2*1H/t9-,10+;;/m0../s1. The van der Waals surface area contributed by atoms with Gasteiger partial charge in [-0.25, -0.2) is 4.98 Å². The number of hydrogen-bond acceptors (Lipinski definition) is 4. The Kier molecular flexibility index (Phi) is 7.73. The van der Waals surface area contributed by atoms with Crippen LogP contribution in [-0.4, -0.2) is 45.3 Å². The maximum atomic E-state index is 12.4. The number of primary amides is 1. The highest BCUT2D eigenvalue weighted by atomic mass is 79.9. The SMILES string of the molecule is Br.Br.CC1(C)CCN(C(=O)[C@@H](N)Cc2c[nH]cn2)[C@@H]1C(N)=O. The Morgan fingerprint density at radius 3 is 2.64 bits per heavy atom. The molecule has 0 aliphatic carbocycles. The van der Waals surface area contributed by atoms with Crippen molar-refractivity contribution in [1.29, 1.82) is 0 Å². The van der Waals surface area contributed by atoms with Crippen LogP contribution in [0.25, 0.3) is 0 Å². The summed E-state index contributed by atoms with van der Waals surface area (Å²) in [5.74, 6) is -0.727. The Labute approximate surface area is 150 Å². The second-order valence-electron chi connectivity index (χ2n) is 5.95. The predicted octanol–water partition coefficient (Wildman–Crippen LogP) is 0.548. The molecule has 126 valence electrons. The van der Waals surface area contributed by atoms with Crippen LogP contribution in [-0.2, 0) is 16.0 Å². The zero-order valence-electron chi connectivity index (χ0n) is 12.6. The molecule has 22 heavy (non-hydrogen) atoms. The topological polar surface area (TPSA) is 118 Å². The van der Waals surface area contributed by atoms with E-state index in [0.717, 1.165) is 12.1 Å². The lowest BCUT2D eigenvalue weighted by atomic mass is 9.84. The third-order valence-corrected chi connectivity index (χ3v) is 3.90. The Morgan fingerprint density at radius 1 is 1.50 bits per heavy atom. The molecular formula is C13H23Br2N5O2. The van der Waals surface area contributed by atoms with Gasteiger partial charge >= 0.3 is 0 Å². The van der Waals surface area contributed by atoms with Crippen molar-refractivity contribution in [2.75, 3.05) is 6.54 Å². The molecule has 1 aliphatic heterocycles. The second kappa shape index (κ2) is 8.07. The van der Waals surface area contributed by atoms with Crippen LogP contribution < -0.4 is 11.5 Å². The number of imidazole rings is 1. The van der Waals surface area contributed by atoms with Crippen molar-refractivity contribution in [2.45, 2.75) is 38.8 Å². The molecule has 0 unspecified atom stereocenters. The molecule has 1 saturated heterocycles. The number of nitrogens with two attached hydrogens (primary N) is 2. The number of carbonyl (C=O) groups excluding carboxylic acids is 2. The van der Waals surface area contributed by atoms with Crippen molar-refractivity contribution in [2.24, 2.45) is 16.9 Å². The van der Waals surface area contributed by atoms with Crippen molar-refractivity contribution < 1.29 is 9.59 Å². The summed E-state index contributed by atoms with van der Waals surface area (Å²) >= 11 is 0. The molecule has 1 aliphatic rings. The van der Waals surface area contributed by atoms with E-state index in [1.54, 1.807) is 6.20 Å². The minimum Gasteiger partial charge on any atom is -0.368 e. The van der Waals surface area contributed by atoms with Crippen LogP contribution in [0.3, 0.4) is 0 Å². The number of nitrogens with zero attached hydrogens (tertiary/aromatic N) is 2. The van der Waals surface area contributed by atoms with Crippen LogP contribution in [0.4, 0.5) is 0 Å². The predicted molar refractivity (Wildman–Crippen MR) is 94.0 cm³/mol. The van der Waals surface area contributed by atoms with E-state index in [-0.39, 0.29) is 45.3 Å². The summed E-state index contributed by atoms with van der Waals surface area (Å²) in [5, 5.41) is 0. The highest BCUT2D eigenvalue weighted by molar-refractivity contribution is 8.93. The molecular weight excluding hydrogens is 418 g/mol. The summed E-state index contributed by atoms with van der Waals surface area (Å²) in [4.78, 5) is 32.5. The number of carbonyl (C=O) groups is 2. The summed E-state index contributed by atoms with van der Waals surface area (Å²) in [6, 6.07) is -1.31. The highest BCUT2D eigenvalue weighted by Gasteiger charge is 2.46. The van der Waals surface area contributed by atoms with E-state index in [1.807, 2.05) is 13.8 Å². The van der Waals surface area contributed by atoms with Gasteiger partial charge in [0.25, 0.3) is 0 Å². The molecule has 1 aromatic heterocycles. The highest BCUT2D eigenvalue weighted by Crippen LogP contribution is 2.36. The van der Waals surface area contributed by atoms with Gasteiger partial charge in [-0.3, -0.25) is 9.59 Å². The molecule has 7 nitrogen and oxygen atoms in total. The Bertz CT molecular complexity index is 507. The summed E-state index contributed by atoms with van der Waals surface area (Å²) in [7, 11) is 0. The first-order valence-corrected chi connectivity index (χ1v) is 6.66. The number of H-pyrrole nitrogens is 1. The number of aromatic nitrogens is 2. The maximum Gasteiger partial charge on any atom is 0.240 e. The lowest BCUT2D eigenvalue weighted by Gasteiger charge is -2.31. The van der Waals surface area contributed by atoms with Gasteiger partial charge in [-0.05, 0) is 11.8 Å². The molecule has 0 bridgehead atoms. The van der Waals surface area contributed by atoms with Crippen molar-refractivity contribution in [3.63, 3.8) is 0 Å². The van der Waals surface area contributed by atoms with E-state index < -0.39 is 18.0 Å². The zero-order chi connectivity index (χ0) is 14.9. The van der Waals surface area contributed by atoms with E-state index in [0.29, 0.717) is 13.0 Å². The van der Waals surface area contributed by atoms with Gasteiger partial charge in [0.2, 0.25) is 11.8 Å².